The summed E-state index contributed by atoms with van der Waals surface area (Å²) in [5.41, 5.74) is -1.24. The van der Waals surface area contributed by atoms with E-state index in [1.807, 2.05) is 18.2 Å². The van der Waals surface area contributed by atoms with Crippen molar-refractivity contribution in [1.82, 2.24) is 10.3 Å². The molecule has 0 aliphatic carbocycles. The molecule has 0 saturated carbocycles. The molecule has 1 aromatic heterocycles. The van der Waals surface area contributed by atoms with Crippen molar-refractivity contribution in [3.05, 3.63) is 59.9 Å². The van der Waals surface area contributed by atoms with Crippen molar-refractivity contribution < 1.29 is 24.5 Å². The predicted octanol–water partition coefficient (Wildman–Crippen LogP) is 1.88. The first-order valence-corrected chi connectivity index (χ1v) is 8.27. The van der Waals surface area contributed by atoms with Crippen LogP contribution in [0.5, 0.6) is 17.2 Å². The minimum absolute atomic E-state index is 0.159. The van der Waals surface area contributed by atoms with Crippen LogP contribution in [0.15, 0.2) is 48.5 Å². The first-order valence-electron chi connectivity index (χ1n) is 8.27. The zero-order valence-electron chi connectivity index (χ0n) is 14.6. The molecule has 2 aromatic carbocycles. The van der Waals surface area contributed by atoms with Gasteiger partial charge in [-0.25, -0.2) is 4.98 Å². The van der Waals surface area contributed by atoms with Gasteiger partial charge in [0.15, 0.2) is 11.4 Å². The van der Waals surface area contributed by atoms with E-state index >= 15 is 0 Å². The summed E-state index contributed by atoms with van der Waals surface area (Å²) in [7, 11) is 11.6. The number of carboxylic acid groups (broad SMARTS) is 1. The van der Waals surface area contributed by atoms with Crippen molar-refractivity contribution >= 4 is 38.3 Å². The number of benzene rings is 2. The Labute approximate surface area is 163 Å². The van der Waals surface area contributed by atoms with Gasteiger partial charge in [-0.05, 0) is 30.3 Å². The lowest BCUT2D eigenvalue weighted by Crippen LogP contribution is -2.30. The molecule has 3 rings (SSSR count). The minimum Gasteiger partial charge on any atom is -0.505 e. The number of carbonyl (C=O) groups excluding carboxylic acids is 1. The second kappa shape index (κ2) is 8.04. The number of nitrogens with one attached hydrogen (secondary N) is 1. The van der Waals surface area contributed by atoms with E-state index in [9.17, 15) is 14.7 Å². The van der Waals surface area contributed by atoms with Crippen LogP contribution in [-0.2, 0) is 4.79 Å². The maximum Gasteiger partial charge on any atom is 0.322 e. The average molecular weight is 372 g/mol. The van der Waals surface area contributed by atoms with Crippen molar-refractivity contribution in [3.63, 3.8) is 0 Å². The summed E-state index contributed by atoms with van der Waals surface area (Å²) in [6.07, 6.45) is 0. The van der Waals surface area contributed by atoms with E-state index in [2.05, 4.69) is 10.3 Å². The molecule has 0 aliphatic heterocycles. The van der Waals surface area contributed by atoms with Gasteiger partial charge in [-0.1, -0.05) is 23.9 Å². The van der Waals surface area contributed by atoms with Crippen LogP contribution in [0.4, 0.5) is 0 Å². The second-order valence-electron chi connectivity index (χ2n) is 5.92. The number of aliphatic carboxylic acids is 1. The molecule has 0 unspecified atom stereocenters. The van der Waals surface area contributed by atoms with Gasteiger partial charge in [0, 0.05) is 16.5 Å². The maximum absolute atomic E-state index is 12.2. The van der Waals surface area contributed by atoms with E-state index in [4.69, 9.17) is 25.5 Å². The van der Waals surface area contributed by atoms with Crippen LogP contribution in [0.2, 0.25) is 0 Å². The van der Waals surface area contributed by atoms with Crippen LogP contribution in [0.25, 0.3) is 10.8 Å². The molecule has 7 nitrogen and oxygen atoms in total. The summed E-state index contributed by atoms with van der Waals surface area (Å²) >= 11 is 0. The van der Waals surface area contributed by atoms with Crippen LogP contribution < -0.4 is 10.1 Å². The van der Waals surface area contributed by atoms with Crippen LogP contribution >= 0.6 is 0 Å². The Morgan fingerprint density at radius 2 is 1.79 bits per heavy atom. The molecule has 4 radical (unpaired) electrons. The third kappa shape index (κ3) is 4.09. The number of nitrogens with zero attached hydrogens (tertiary/aromatic N) is 1. The number of amides is 1. The Morgan fingerprint density at radius 3 is 2.43 bits per heavy atom. The van der Waals surface area contributed by atoms with E-state index < -0.39 is 29.9 Å². The lowest BCUT2D eigenvalue weighted by Gasteiger charge is -2.15. The Hall–Kier alpha value is -3.48. The Morgan fingerprint density at radius 1 is 1.07 bits per heavy atom. The smallest absolute Gasteiger partial charge is 0.322 e. The molecule has 0 atom stereocenters. The number of aromatic hydroxyl groups is 1. The number of carbonyl (C=O) groups is 2. The number of aromatic nitrogens is 1. The number of ether oxygens (including phenoxy) is 1. The Bertz CT molecular complexity index is 1040. The van der Waals surface area contributed by atoms with Crippen molar-refractivity contribution in [3.8, 4) is 17.2 Å². The van der Waals surface area contributed by atoms with Crippen molar-refractivity contribution in [2.75, 3.05) is 6.54 Å². The highest BCUT2D eigenvalue weighted by Gasteiger charge is 2.21. The molecule has 3 N–H and O–H groups in total. The standard InChI is InChI=1S/C19H14B2N2O5/c20-18(21)15-13-8-11(28-10-4-2-1-3-5-10)6-7-12(13)17(26)16(23-15)19(27)22-9-14(24)25/h1-8,18,26H,9H2,(H,22,27)(H,24,25). The van der Waals surface area contributed by atoms with Gasteiger partial charge in [-0.2, -0.15) is 0 Å². The lowest BCUT2D eigenvalue weighted by molar-refractivity contribution is -0.135. The van der Waals surface area contributed by atoms with Crippen LogP contribution in [-0.4, -0.2) is 49.3 Å². The first-order chi connectivity index (χ1) is 13.4. The van der Waals surface area contributed by atoms with Gasteiger partial charge < -0.3 is 20.3 Å². The molecule has 1 amide bonds. The molecule has 136 valence electrons. The highest BCUT2D eigenvalue weighted by atomic mass is 16.5. The number of hydrogen-bond acceptors (Lipinski definition) is 5. The first kappa shape index (κ1) is 19.3. The Balaban J connectivity index is 2.06. The van der Waals surface area contributed by atoms with E-state index in [0.29, 0.717) is 16.9 Å². The van der Waals surface area contributed by atoms with Gasteiger partial charge in [0.2, 0.25) is 0 Å². The topological polar surface area (TPSA) is 109 Å². The lowest BCUT2D eigenvalue weighted by atomic mass is 9.67. The van der Waals surface area contributed by atoms with Gasteiger partial charge in [0.25, 0.3) is 5.91 Å². The molecule has 0 aliphatic rings. The minimum atomic E-state index is -1.23. The molecule has 1 heterocycles. The molecule has 0 spiro atoms. The number of fused-ring (bicyclic) bond motifs is 1. The molecule has 0 bridgehead atoms. The summed E-state index contributed by atoms with van der Waals surface area (Å²) < 4.78 is 5.77. The summed E-state index contributed by atoms with van der Waals surface area (Å²) in [4.78, 5) is 26.9. The van der Waals surface area contributed by atoms with E-state index in [1.165, 1.54) is 0 Å². The summed E-state index contributed by atoms with van der Waals surface area (Å²) in [6, 6.07) is 13.8. The monoisotopic (exact) mass is 372 g/mol. The summed E-state index contributed by atoms with van der Waals surface area (Å²) in [6.45, 7) is -0.619. The maximum atomic E-state index is 12.2. The number of para-hydroxylation sites is 1. The van der Waals surface area contributed by atoms with Crippen LogP contribution in [0.3, 0.4) is 0 Å². The molecule has 0 saturated heterocycles. The van der Waals surface area contributed by atoms with Gasteiger partial charge in [-0.15, -0.1) is 0 Å². The molecular weight excluding hydrogens is 358 g/mol. The van der Waals surface area contributed by atoms with Gasteiger partial charge in [-0.3, -0.25) is 9.59 Å². The van der Waals surface area contributed by atoms with Crippen LogP contribution in [0.1, 0.15) is 21.9 Å². The van der Waals surface area contributed by atoms with Crippen molar-refractivity contribution in [2.45, 2.75) is 5.72 Å². The highest BCUT2D eigenvalue weighted by Crippen LogP contribution is 2.35. The van der Waals surface area contributed by atoms with Crippen LogP contribution in [0, 0.1) is 0 Å². The van der Waals surface area contributed by atoms with Crippen molar-refractivity contribution in [2.24, 2.45) is 0 Å². The number of rotatable bonds is 6. The fourth-order valence-corrected chi connectivity index (χ4v) is 2.64. The molecule has 0 fully saturated rings. The number of pyridine rings is 1. The molecule has 9 heteroatoms. The fourth-order valence-electron chi connectivity index (χ4n) is 2.64. The molecular formula is C19H14B2N2O5. The normalized spacial score (nSPS) is 10.8. The summed E-state index contributed by atoms with van der Waals surface area (Å²) in [5, 5.41) is 22.0. The number of hydrogen-bond donors (Lipinski definition) is 3. The zero-order valence-corrected chi connectivity index (χ0v) is 14.6. The quantitative estimate of drug-likeness (QED) is 0.571. The highest BCUT2D eigenvalue weighted by molar-refractivity contribution is 6.36. The molecule has 3 aromatic rings. The Kier molecular flexibility index (Phi) is 5.54. The SMILES string of the molecule is [B]C([B])c1nc(C(=O)NCC(=O)O)c(O)c2ccc(Oc3ccccc3)cc12. The predicted molar refractivity (Wildman–Crippen MR) is 104 cm³/mol. The fraction of sp³-hybridized carbons (Fsp3) is 0.105. The van der Waals surface area contributed by atoms with Gasteiger partial charge in [0.1, 0.15) is 18.0 Å². The van der Waals surface area contributed by atoms with Crippen molar-refractivity contribution in [1.29, 1.82) is 0 Å². The van der Waals surface area contributed by atoms with Gasteiger partial charge in [0.05, 0.1) is 15.7 Å². The summed E-state index contributed by atoms with van der Waals surface area (Å²) in [5.74, 6) is -1.42. The van der Waals surface area contributed by atoms with E-state index in [1.54, 1.807) is 30.3 Å². The second-order valence-corrected chi connectivity index (χ2v) is 5.92. The largest absolute Gasteiger partial charge is 0.505 e. The zero-order chi connectivity index (χ0) is 20.3. The third-order valence-electron chi connectivity index (χ3n) is 3.89. The van der Waals surface area contributed by atoms with E-state index in [-0.39, 0.29) is 16.8 Å². The molecule has 28 heavy (non-hydrogen) atoms. The van der Waals surface area contributed by atoms with Gasteiger partial charge >= 0.3 is 5.97 Å². The average Bonchev–Trinajstić information content (AvgIpc) is 2.67. The third-order valence-corrected chi connectivity index (χ3v) is 3.89. The number of carboxylic acids is 1. The van der Waals surface area contributed by atoms with E-state index in [0.717, 1.165) is 0 Å².